The summed E-state index contributed by atoms with van der Waals surface area (Å²) in [5, 5.41) is 13.3. The highest BCUT2D eigenvalue weighted by molar-refractivity contribution is 6.35. The summed E-state index contributed by atoms with van der Waals surface area (Å²) in [6, 6.07) is 4.93. The molecule has 110 valence electrons. The lowest BCUT2D eigenvalue weighted by Crippen LogP contribution is -2.30. The Hall–Kier alpha value is -1.85. The highest BCUT2D eigenvalue weighted by Crippen LogP contribution is 2.52. The van der Waals surface area contributed by atoms with Gasteiger partial charge in [0.25, 0.3) is 0 Å². The van der Waals surface area contributed by atoms with E-state index >= 15 is 0 Å². The van der Waals surface area contributed by atoms with Gasteiger partial charge in [0.1, 0.15) is 0 Å². The maximum atomic E-state index is 12.6. The second-order valence-corrected chi connectivity index (χ2v) is 5.89. The number of carbonyl (C=O) groups excluding carboxylic acids is 1. The van der Waals surface area contributed by atoms with E-state index in [-0.39, 0.29) is 5.78 Å². The maximum absolute atomic E-state index is 12.6. The van der Waals surface area contributed by atoms with Crippen molar-refractivity contribution in [3.63, 3.8) is 0 Å². The first kappa shape index (κ1) is 14.1. The number of carboxylic acids is 1. The Morgan fingerprint density at radius 3 is 2.67 bits per heavy atom. The first-order chi connectivity index (χ1) is 9.90. The van der Waals surface area contributed by atoms with Crippen molar-refractivity contribution in [1.82, 2.24) is 5.32 Å². The molecule has 0 spiro atoms. The summed E-state index contributed by atoms with van der Waals surface area (Å²) in [6.07, 6.45) is 1.50. The molecule has 1 saturated carbocycles. The van der Waals surface area contributed by atoms with Crippen molar-refractivity contribution in [1.29, 1.82) is 0 Å². The van der Waals surface area contributed by atoms with Gasteiger partial charge in [-0.15, -0.1) is 0 Å². The van der Waals surface area contributed by atoms with Crippen LogP contribution in [0.4, 0.5) is 0 Å². The number of carbonyl (C=O) groups is 2. The Morgan fingerprint density at radius 2 is 2.10 bits per heavy atom. The molecule has 6 heteroatoms. The maximum Gasteiger partial charge on any atom is 0.309 e. The lowest BCUT2D eigenvalue weighted by molar-refractivity contribution is -0.139. The van der Waals surface area contributed by atoms with Gasteiger partial charge in [0.2, 0.25) is 0 Å². The van der Waals surface area contributed by atoms with Crippen molar-refractivity contribution in [2.24, 2.45) is 11.8 Å². The van der Waals surface area contributed by atoms with E-state index in [0.29, 0.717) is 16.2 Å². The Labute approximate surface area is 125 Å². The van der Waals surface area contributed by atoms with Crippen LogP contribution in [-0.2, 0) is 4.79 Å². The zero-order valence-corrected chi connectivity index (χ0v) is 12.3. The number of nitrogens with one attached hydrogen (secondary N) is 1. The van der Waals surface area contributed by atoms with Crippen LogP contribution in [0.1, 0.15) is 17.3 Å². The highest BCUT2D eigenvalue weighted by Gasteiger charge is 2.68. The molecule has 3 atom stereocenters. The molecule has 2 aromatic rings. The van der Waals surface area contributed by atoms with Gasteiger partial charge < -0.3 is 14.8 Å². The number of aliphatic carboxylic acids is 1. The van der Waals surface area contributed by atoms with E-state index in [4.69, 9.17) is 16.0 Å². The van der Waals surface area contributed by atoms with Crippen LogP contribution < -0.4 is 5.32 Å². The summed E-state index contributed by atoms with van der Waals surface area (Å²) in [4.78, 5) is 23.9. The molecule has 0 aliphatic heterocycles. The van der Waals surface area contributed by atoms with Gasteiger partial charge in [0.15, 0.2) is 11.4 Å². The number of furan rings is 1. The molecule has 5 nitrogen and oxygen atoms in total. The molecule has 2 N–H and O–H groups in total. The monoisotopic (exact) mass is 307 g/mol. The Kier molecular flexibility index (Phi) is 3.07. The molecule has 1 aromatic carbocycles. The third-order valence-electron chi connectivity index (χ3n) is 4.39. The molecule has 3 unspecified atom stereocenters. The number of halogens is 1. The smallest absolute Gasteiger partial charge is 0.309 e. The molecule has 1 fully saturated rings. The van der Waals surface area contributed by atoms with E-state index in [2.05, 4.69) is 5.32 Å². The van der Waals surface area contributed by atoms with Gasteiger partial charge in [-0.2, -0.15) is 0 Å². The normalized spacial score (nSPS) is 27.8. The molecular weight excluding hydrogens is 294 g/mol. The van der Waals surface area contributed by atoms with Gasteiger partial charge in [0.05, 0.1) is 23.1 Å². The summed E-state index contributed by atoms with van der Waals surface area (Å²) in [7, 11) is 1.66. The third-order valence-corrected chi connectivity index (χ3v) is 4.67. The number of ketones is 1. The summed E-state index contributed by atoms with van der Waals surface area (Å²) < 4.78 is 5.23. The van der Waals surface area contributed by atoms with Gasteiger partial charge in [-0.1, -0.05) is 11.6 Å². The van der Waals surface area contributed by atoms with E-state index in [1.165, 1.54) is 12.3 Å². The Morgan fingerprint density at radius 1 is 1.38 bits per heavy atom. The largest absolute Gasteiger partial charge is 0.481 e. The van der Waals surface area contributed by atoms with Crippen LogP contribution in [0.3, 0.4) is 0 Å². The number of hydrogen-bond acceptors (Lipinski definition) is 4. The van der Waals surface area contributed by atoms with E-state index in [9.17, 15) is 14.7 Å². The fourth-order valence-electron chi connectivity index (χ4n) is 3.01. The second kappa shape index (κ2) is 4.58. The lowest BCUT2D eigenvalue weighted by Gasteiger charge is -2.09. The summed E-state index contributed by atoms with van der Waals surface area (Å²) in [5.74, 6) is -2.51. The first-order valence-electron chi connectivity index (χ1n) is 6.53. The Balaban J connectivity index is 2.00. The standard InChI is InChI=1S/C15H14ClNO4/c1-15(17-2)10(11(15)14(19)20)12(18)8-5-7-3-4-21-13(7)9(16)6-8/h3-6,10-11,17H,1-2H3,(H,19,20). The molecule has 1 heterocycles. The van der Waals surface area contributed by atoms with Crippen LogP contribution in [-0.4, -0.2) is 29.4 Å². The van der Waals surface area contributed by atoms with Crippen molar-refractivity contribution in [2.45, 2.75) is 12.5 Å². The third kappa shape index (κ3) is 1.96. The molecular formula is C15H14ClNO4. The van der Waals surface area contributed by atoms with Crippen LogP contribution in [0.5, 0.6) is 0 Å². The topological polar surface area (TPSA) is 79.5 Å². The molecule has 1 aliphatic carbocycles. The first-order valence-corrected chi connectivity index (χ1v) is 6.90. The second-order valence-electron chi connectivity index (χ2n) is 5.49. The fourth-order valence-corrected chi connectivity index (χ4v) is 3.28. The molecule has 1 aliphatic rings. The summed E-state index contributed by atoms with van der Waals surface area (Å²) in [6.45, 7) is 1.74. The van der Waals surface area contributed by atoms with Crippen molar-refractivity contribution in [2.75, 3.05) is 7.05 Å². The van der Waals surface area contributed by atoms with Crippen molar-refractivity contribution >= 4 is 34.3 Å². The summed E-state index contributed by atoms with van der Waals surface area (Å²) >= 11 is 6.10. The van der Waals surface area contributed by atoms with Crippen molar-refractivity contribution < 1.29 is 19.1 Å². The van der Waals surface area contributed by atoms with Crippen LogP contribution in [0.15, 0.2) is 28.9 Å². The minimum Gasteiger partial charge on any atom is -0.481 e. The van der Waals surface area contributed by atoms with Gasteiger partial charge in [-0.05, 0) is 32.2 Å². The van der Waals surface area contributed by atoms with Gasteiger partial charge in [-0.25, -0.2) is 0 Å². The van der Waals surface area contributed by atoms with E-state index < -0.39 is 23.3 Å². The van der Waals surface area contributed by atoms with E-state index in [1.807, 2.05) is 0 Å². The average molecular weight is 308 g/mol. The number of hydrogen-bond donors (Lipinski definition) is 2. The van der Waals surface area contributed by atoms with Crippen LogP contribution in [0.2, 0.25) is 5.02 Å². The quantitative estimate of drug-likeness (QED) is 0.849. The number of benzene rings is 1. The fraction of sp³-hybridized carbons (Fsp3) is 0.333. The molecule has 0 bridgehead atoms. The molecule has 21 heavy (non-hydrogen) atoms. The highest BCUT2D eigenvalue weighted by atomic mass is 35.5. The van der Waals surface area contributed by atoms with Gasteiger partial charge in [-0.3, -0.25) is 9.59 Å². The van der Waals surface area contributed by atoms with Crippen LogP contribution in [0.25, 0.3) is 11.0 Å². The van der Waals surface area contributed by atoms with Gasteiger partial charge in [0, 0.05) is 16.5 Å². The van der Waals surface area contributed by atoms with Crippen LogP contribution in [0, 0.1) is 11.8 Å². The van der Waals surface area contributed by atoms with Crippen LogP contribution >= 0.6 is 11.6 Å². The lowest BCUT2D eigenvalue weighted by atomic mass is 10.0. The molecule has 0 amide bonds. The number of rotatable bonds is 4. The van der Waals surface area contributed by atoms with E-state index in [1.54, 1.807) is 26.1 Å². The Bertz CT molecular complexity index is 753. The minimum atomic E-state index is -0.972. The minimum absolute atomic E-state index is 0.218. The predicted octanol–water partition coefficient (Wildman–Crippen LogP) is 2.58. The number of Topliss-reactive ketones (excluding diaryl/α,β-unsaturated/α-hetero) is 1. The molecule has 0 radical (unpaired) electrons. The molecule has 1 aromatic heterocycles. The van der Waals surface area contributed by atoms with Gasteiger partial charge >= 0.3 is 5.97 Å². The SMILES string of the molecule is CNC1(C)C(C(=O)O)C1C(=O)c1cc(Cl)c2occc2c1. The summed E-state index contributed by atoms with van der Waals surface area (Å²) in [5.41, 5.74) is 0.208. The number of fused-ring (bicyclic) bond motifs is 1. The van der Waals surface area contributed by atoms with E-state index in [0.717, 1.165) is 5.39 Å². The van der Waals surface area contributed by atoms with Crippen molar-refractivity contribution in [3.8, 4) is 0 Å². The number of carboxylic acid groups (broad SMARTS) is 1. The average Bonchev–Trinajstić information content (AvgIpc) is 2.81. The predicted molar refractivity (Wildman–Crippen MR) is 77.6 cm³/mol. The van der Waals surface area contributed by atoms with Crippen molar-refractivity contribution in [3.05, 3.63) is 35.0 Å². The molecule has 3 rings (SSSR count). The zero-order chi connectivity index (χ0) is 15.4. The zero-order valence-electron chi connectivity index (χ0n) is 11.5. The molecule has 0 saturated heterocycles.